The molecule has 1 N–H and O–H groups in total. The minimum absolute atomic E-state index is 0.171. The number of carbonyl (C=O) groups is 1. The van der Waals surface area contributed by atoms with E-state index >= 15 is 0 Å². The molecule has 2 aromatic heterocycles. The highest BCUT2D eigenvalue weighted by molar-refractivity contribution is 5.93. The molecule has 0 saturated heterocycles. The number of fused-ring (bicyclic) bond motifs is 1. The Morgan fingerprint density at radius 1 is 1.26 bits per heavy atom. The molecular weight excluding hydrogens is 397 g/mol. The van der Waals surface area contributed by atoms with Gasteiger partial charge in [-0.15, -0.1) is 0 Å². The van der Waals surface area contributed by atoms with E-state index in [1.165, 1.54) is 13.2 Å². The van der Waals surface area contributed by atoms with Crippen molar-refractivity contribution in [1.29, 1.82) is 5.26 Å². The highest BCUT2D eigenvalue weighted by Crippen LogP contribution is 2.30. The Labute approximate surface area is 177 Å². The van der Waals surface area contributed by atoms with E-state index in [2.05, 4.69) is 15.2 Å². The summed E-state index contributed by atoms with van der Waals surface area (Å²) in [4.78, 5) is 18.9. The number of aromatic nitrogens is 3. The number of hydrogen-bond donors (Lipinski definition) is 1. The summed E-state index contributed by atoms with van der Waals surface area (Å²) in [5.74, 6) is -0.660. The fourth-order valence-corrected chi connectivity index (χ4v) is 3.43. The van der Waals surface area contributed by atoms with Gasteiger partial charge in [0.15, 0.2) is 0 Å². The number of ether oxygens (including phenoxy) is 1. The first-order valence-corrected chi connectivity index (χ1v) is 9.42. The van der Waals surface area contributed by atoms with E-state index in [0.717, 1.165) is 22.5 Å². The number of hydrogen-bond acceptors (Lipinski definition) is 5. The van der Waals surface area contributed by atoms with Crippen LogP contribution in [0.3, 0.4) is 0 Å². The van der Waals surface area contributed by atoms with Crippen LogP contribution in [-0.4, -0.2) is 40.1 Å². The highest BCUT2D eigenvalue weighted by atomic mass is 19.1. The van der Waals surface area contributed by atoms with Gasteiger partial charge in [-0.25, -0.2) is 9.37 Å². The van der Waals surface area contributed by atoms with E-state index in [1.54, 1.807) is 36.3 Å². The molecule has 0 saturated carbocycles. The lowest BCUT2D eigenvalue weighted by atomic mass is 10.0. The first-order chi connectivity index (χ1) is 15.0. The van der Waals surface area contributed by atoms with E-state index in [0.29, 0.717) is 17.7 Å². The first-order valence-electron chi connectivity index (χ1n) is 9.42. The van der Waals surface area contributed by atoms with Gasteiger partial charge >= 0.3 is 0 Å². The quantitative estimate of drug-likeness (QED) is 0.533. The van der Waals surface area contributed by atoms with Crippen LogP contribution in [-0.2, 0) is 6.54 Å². The average Bonchev–Trinajstić information content (AvgIpc) is 3.27. The molecule has 0 bridgehead atoms. The predicted molar refractivity (Wildman–Crippen MR) is 113 cm³/mol. The lowest BCUT2D eigenvalue weighted by Crippen LogP contribution is -2.27. The number of amides is 1. The van der Waals surface area contributed by atoms with E-state index in [1.807, 2.05) is 24.3 Å². The van der Waals surface area contributed by atoms with Crippen LogP contribution in [0.5, 0.6) is 5.88 Å². The average molecular weight is 415 g/mol. The number of rotatable bonds is 5. The zero-order valence-electron chi connectivity index (χ0n) is 16.9. The summed E-state index contributed by atoms with van der Waals surface area (Å²) < 4.78 is 19.2. The molecule has 31 heavy (non-hydrogen) atoms. The van der Waals surface area contributed by atoms with Crippen molar-refractivity contribution in [2.45, 2.75) is 6.54 Å². The number of halogens is 1. The monoisotopic (exact) mass is 415 g/mol. The number of benzene rings is 2. The Hall–Kier alpha value is -4.25. The molecule has 0 atom stereocenters. The van der Waals surface area contributed by atoms with Crippen LogP contribution < -0.4 is 4.74 Å². The SMILES string of the molecule is COc1nc(C(=O)N(C)Cc2cccc3cn[nH]c23)ccc1-c1cc(F)cc(C#N)c1. The van der Waals surface area contributed by atoms with Gasteiger partial charge in [-0.3, -0.25) is 9.89 Å². The molecule has 154 valence electrons. The third-order valence-electron chi connectivity index (χ3n) is 4.93. The van der Waals surface area contributed by atoms with Crippen LogP contribution in [0.15, 0.2) is 54.7 Å². The van der Waals surface area contributed by atoms with Crippen LogP contribution in [0.25, 0.3) is 22.0 Å². The van der Waals surface area contributed by atoms with Crippen molar-refractivity contribution < 1.29 is 13.9 Å². The molecule has 4 aromatic rings. The number of methoxy groups -OCH3 is 1. The molecule has 0 aliphatic rings. The van der Waals surface area contributed by atoms with Gasteiger partial charge in [-0.1, -0.05) is 18.2 Å². The summed E-state index contributed by atoms with van der Waals surface area (Å²) in [6.45, 7) is 0.361. The van der Waals surface area contributed by atoms with Gasteiger partial charge in [-0.05, 0) is 41.5 Å². The Kier molecular flexibility index (Phi) is 5.33. The van der Waals surface area contributed by atoms with Gasteiger partial charge in [0.1, 0.15) is 11.5 Å². The molecular formula is C23H18FN5O2. The van der Waals surface area contributed by atoms with Crippen molar-refractivity contribution >= 4 is 16.8 Å². The van der Waals surface area contributed by atoms with Crippen LogP contribution in [0.1, 0.15) is 21.6 Å². The fraction of sp³-hybridized carbons (Fsp3) is 0.130. The number of nitrogens with zero attached hydrogens (tertiary/aromatic N) is 4. The minimum Gasteiger partial charge on any atom is -0.481 e. The molecule has 7 nitrogen and oxygen atoms in total. The molecule has 2 aromatic carbocycles. The van der Waals surface area contributed by atoms with Gasteiger partial charge < -0.3 is 9.64 Å². The van der Waals surface area contributed by atoms with Crippen molar-refractivity contribution in [3.05, 3.63) is 77.4 Å². The Bertz CT molecular complexity index is 1330. The van der Waals surface area contributed by atoms with Crippen molar-refractivity contribution in [2.24, 2.45) is 0 Å². The van der Waals surface area contributed by atoms with Crippen molar-refractivity contribution in [3.63, 3.8) is 0 Å². The Morgan fingerprint density at radius 2 is 2.10 bits per heavy atom. The summed E-state index contributed by atoms with van der Waals surface area (Å²) in [6, 6.07) is 14.9. The van der Waals surface area contributed by atoms with Crippen LogP contribution in [0.4, 0.5) is 4.39 Å². The van der Waals surface area contributed by atoms with E-state index < -0.39 is 5.82 Å². The standard InChI is InChI=1S/C23H18FN5O2/c1-29(13-16-5-3-4-15-12-26-28-21(15)16)23(30)20-7-6-19(22(27-20)31-2)17-8-14(11-25)9-18(24)10-17/h3-10,12H,13H2,1-2H3,(H,26,28). The van der Waals surface area contributed by atoms with Crippen molar-refractivity contribution in [2.75, 3.05) is 14.2 Å². The number of carbonyl (C=O) groups excluding carboxylic acids is 1. The predicted octanol–water partition coefficient (Wildman–Crippen LogP) is 3.92. The normalized spacial score (nSPS) is 10.6. The molecule has 0 aliphatic carbocycles. The largest absolute Gasteiger partial charge is 0.481 e. The fourth-order valence-electron chi connectivity index (χ4n) is 3.43. The molecule has 0 radical (unpaired) electrons. The van der Waals surface area contributed by atoms with E-state index in [-0.39, 0.29) is 23.0 Å². The molecule has 0 unspecified atom stereocenters. The number of pyridine rings is 1. The third kappa shape index (κ3) is 3.94. The highest BCUT2D eigenvalue weighted by Gasteiger charge is 2.18. The number of aromatic amines is 1. The molecule has 0 fully saturated rings. The summed E-state index contributed by atoms with van der Waals surface area (Å²) in [7, 11) is 3.11. The lowest BCUT2D eigenvalue weighted by molar-refractivity contribution is 0.0779. The lowest BCUT2D eigenvalue weighted by Gasteiger charge is -2.18. The topological polar surface area (TPSA) is 94.9 Å². The summed E-state index contributed by atoms with van der Waals surface area (Å²) in [6.07, 6.45) is 1.73. The maximum atomic E-state index is 13.9. The first kappa shape index (κ1) is 20.0. The van der Waals surface area contributed by atoms with Crippen molar-refractivity contribution in [3.8, 4) is 23.1 Å². The van der Waals surface area contributed by atoms with Gasteiger partial charge in [0.25, 0.3) is 5.91 Å². The zero-order valence-corrected chi connectivity index (χ0v) is 16.9. The summed E-state index contributed by atoms with van der Waals surface area (Å²) in [5, 5.41) is 17.1. The second-order valence-corrected chi connectivity index (χ2v) is 7.01. The summed E-state index contributed by atoms with van der Waals surface area (Å²) in [5.41, 5.74) is 3.11. The molecule has 4 rings (SSSR count). The second-order valence-electron chi connectivity index (χ2n) is 7.01. The zero-order chi connectivity index (χ0) is 22.0. The molecule has 0 spiro atoms. The maximum absolute atomic E-state index is 13.9. The van der Waals surface area contributed by atoms with E-state index in [4.69, 9.17) is 10.00 Å². The van der Waals surface area contributed by atoms with E-state index in [9.17, 15) is 9.18 Å². The molecule has 8 heteroatoms. The number of H-pyrrole nitrogens is 1. The smallest absolute Gasteiger partial charge is 0.272 e. The second kappa shape index (κ2) is 8.24. The summed E-state index contributed by atoms with van der Waals surface area (Å²) >= 11 is 0. The number of nitriles is 1. The molecule has 0 aliphatic heterocycles. The maximum Gasteiger partial charge on any atom is 0.272 e. The van der Waals surface area contributed by atoms with Crippen LogP contribution in [0.2, 0.25) is 0 Å². The molecule has 1 amide bonds. The number of para-hydroxylation sites is 1. The third-order valence-corrected chi connectivity index (χ3v) is 4.93. The van der Waals surface area contributed by atoms with Gasteiger partial charge in [-0.2, -0.15) is 10.4 Å². The van der Waals surface area contributed by atoms with Gasteiger partial charge in [0.05, 0.1) is 30.5 Å². The molecule has 2 heterocycles. The van der Waals surface area contributed by atoms with Crippen molar-refractivity contribution in [1.82, 2.24) is 20.1 Å². The Morgan fingerprint density at radius 3 is 2.87 bits per heavy atom. The van der Waals surface area contributed by atoms with Crippen LogP contribution in [0, 0.1) is 17.1 Å². The minimum atomic E-state index is -0.538. The van der Waals surface area contributed by atoms with Gasteiger partial charge in [0, 0.05) is 24.5 Å². The van der Waals surface area contributed by atoms with Crippen LogP contribution >= 0.6 is 0 Å². The number of nitrogens with one attached hydrogen (secondary N) is 1. The Balaban J connectivity index is 1.62. The van der Waals surface area contributed by atoms with Gasteiger partial charge in [0.2, 0.25) is 5.88 Å².